The summed E-state index contributed by atoms with van der Waals surface area (Å²) in [6, 6.07) is 0.266. The molecule has 14 heavy (non-hydrogen) atoms. The van der Waals surface area contributed by atoms with Crippen molar-refractivity contribution >= 4 is 0 Å². The second-order valence-corrected chi connectivity index (χ2v) is 3.48. The zero-order chi connectivity index (χ0) is 11.0. The Morgan fingerprint density at radius 2 is 1.79 bits per heavy atom. The molecule has 0 aromatic rings. The lowest BCUT2D eigenvalue weighted by atomic mass is 9.88. The molecule has 0 aliphatic carbocycles. The van der Waals surface area contributed by atoms with Gasteiger partial charge >= 0.3 is 0 Å². The lowest BCUT2D eigenvalue weighted by Gasteiger charge is -2.38. The maximum absolute atomic E-state index is 5.64. The first-order chi connectivity index (χ1) is 6.70. The van der Waals surface area contributed by atoms with E-state index in [1.807, 2.05) is 14.0 Å². The van der Waals surface area contributed by atoms with E-state index >= 15 is 0 Å². The van der Waals surface area contributed by atoms with Gasteiger partial charge < -0.3 is 14.8 Å². The average Bonchev–Trinajstić information content (AvgIpc) is 2.25. The summed E-state index contributed by atoms with van der Waals surface area (Å²) in [7, 11) is 3.74. The van der Waals surface area contributed by atoms with Crippen molar-refractivity contribution in [3.8, 4) is 0 Å². The van der Waals surface area contributed by atoms with E-state index in [-0.39, 0.29) is 11.6 Å². The van der Waals surface area contributed by atoms with Gasteiger partial charge in [-0.25, -0.2) is 0 Å². The second kappa shape index (κ2) is 7.21. The Balaban J connectivity index is 4.40. The second-order valence-electron chi connectivity index (χ2n) is 3.48. The molecule has 0 saturated heterocycles. The summed E-state index contributed by atoms with van der Waals surface area (Å²) in [5, 5.41) is 3.28. The normalized spacial score (nSPS) is 14.4. The minimum atomic E-state index is -0.0933. The summed E-state index contributed by atoms with van der Waals surface area (Å²) < 4.78 is 11.1. The number of hydrogen-bond donors (Lipinski definition) is 1. The highest BCUT2D eigenvalue weighted by atomic mass is 16.5. The fourth-order valence-corrected chi connectivity index (χ4v) is 1.91. The van der Waals surface area contributed by atoms with Crippen LogP contribution in [-0.2, 0) is 9.47 Å². The van der Waals surface area contributed by atoms with Gasteiger partial charge in [0.15, 0.2) is 0 Å². The first kappa shape index (κ1) is 13.9. The molecule has 0 amide bonds. The van der Waals surface area contributed by atoms with Gasteiger partial charge in [-0.1, -0.05) is 13.8 Å². The van der Waals surface area contributed by atoms with Gasteiger partial charge in [-0.2, -0.15) is 0 Å². The van der Waals surface area contributed by atoms with Crippen molar-refractivity contribution in [3.63, 3.8) is 0 Å². The topological polar surface area (TPSA) is 30.5 Å². The monoisotopic (exact) mass is 203 g/mol. The predicted octanol–water partition coefficient (Wildman–Crippen LogP) is 1.82. The lowest BCUT2D eigenvalue weighted by molar-refractivity contribution is -0.0665. The van der Waals surface area contributed by atoms with Crippen molar-refractivity contribution in [2.75, 3.05) is 27.4 Å². The summed E-state index contributed by atoms with van der Waals surface area (Å²) in [5.74, 6) is 0. The van der Waals surface area contributed by atoms with Gasteiger partial charge in [0.1, 0.15) is 0 Å². The van der Waals surface area contributed by atoms with Crippen LogP contribution >= 0.6 is 0 Å². The van der Waals surface area contributed by atoms with E-state index in [0.29, 0.717) is 6.61 Å². The van der Waals surface area contributed by atoms with Crippen LogP contribution < -0.4 is 5.32 Å². The van der Waals surface area contributed by atoms with E-state index < -0.39 is 0 Å². The Hall–Kier alpha value is -0.120. The molecule has 0 aromatic heterocycles. The zero-order valence-corrected chi connectivity index (χ0v) is 10.2. The van der Waals surface area contributed by atoms with Gasteiger partial charge in [0.2, 0.25) is 0 Å². The number of likely N-dealkylation sites (N-methyl/N-ethyl adjacent to an activating group) is 1. The van der Waals surface area contributed by atoms with Crippen LogP contribution in [0.5, 0.6) is 0 Å². The van der Waals surface area contributed by atoms with Gasteiger partial charge in [-0.15, -0.1) is 0 Å². The first-order valence-corrected chi connectivity index (χ1v) is 5.50. The Bertz CT molecular complexity index is 127. The lowest BCUT2D eigenvalue weighted by Crippen LogP contribution is -2.52. The van der Waals surface area contributed by atoms with Gasteiger partial charge in [0.25, 0.3) is 0 Å². The molecule has 1 atom stereocenters. The molecule has 0 aliphatic heterocycles. The minimum Gasteiger partial charge on any atom is -0.380 e. The summed E-state index contributed by atoms with van der Waals surface area (Å²) in [6.07, 6.45) is 2.00. The number of ether oxygens (including phenoxy) is 2. The van der Waals surface area contributed by atoms with Crippen LogP contribution in [0.15, 0.2) is 0 Å². The van der Waals surface area contributed by atoms with Crippen LogP contribution in [0.1, 0.15) is 33.6 Å². The first-order valence-electron chi connectivity index (χ1n) is 5.50. The molecule has 0 radical (unpaired) electrons. The Kier molecular flexibility index (Phi) is 7.15. The van der Waals surface area contributed by atoms with Gasteiger partial charge in [-0.05, 0) is 26.8 Å². The van der Waals surface area contributed by atoms with E-state index in [2.05, 4.69) is 19.2 Å². The third kappa shape index (κ3) is 3.23. The fraction of sp³-hybridized carbons (Fsp3) is 1.00. The Morgan fingerprint density at radius 1 is 1.21 bits per heavy atom. The number of hydrogen-bond acceptors (Lipinski definition) is 3. The quantitative estimate of drug-likeness (QED) is 0.652. The molecule has 1 N–H and O–H groups in total. The molecule has 0 aromatic carbocycles. The largest absolute Gasteiger partial charge is 0.380 e. The van der Waals surface area contributed by atoms with E-state index in [0.717, 1.165) is 19.4 Å². The van der Waals surface area contributed by atoms with Crippen molar-refractivity contribution in [3.05, 3.63) is 0 Å². The minimum absolute atomic E-state index is 0.0933. The molecule has 0 spiro atoms. The molecule has 0 fully saturated rings. The van der Waals surface area contributed by atoms with Crippen LogP contribution in [0.4, 0.5) is 0 Å². The smallest absolute Gasteiger partial charge is 0.0848 e. The van der Waals surface area contributed by atoms with E-state index in [1.54, 1.807) is 7.11 Å². The van der Waals surface area contributed by atoms with Crippen molar-refractivity contribution < 1.29 is 9.47 Å². The summed E-state index contributed by atoms with van der Waals surface area (Å²) in [5.41, 5.74) is -0.0933. The summed E-state index contributed by atoms with van der Waals surface area (Å²) in [6.45, 7) is 7.79. The molecular formula is C11H25NO2. The highest BCUT2D eigenvalue weighted by Gasteiger charge is 2.34. The molecule has 0 bridgehead atoms. The van der Waals surface area contributed by atoms with Crippen molar-refractivity contribution in [2.45, 2.75) is 45.3 Å². The number of rotatable bonds is 8. The number of nitrogens with one attached hydrogen (secondary N) is 1. The molecule has 3 nitrogen and oxygen atoms in total. The zero-order valence-electron chi connectivity index (χ0n) is 10.2. The molecule has 0 heterocycles. The van der Waals surface area contributed by atoms with Crippen molar-refractivity contribution in [1.29, 1.82) is 0 Å². The van der Waals surface area contributed by atoms with Crippen LogP contribution in [-0.4, -0.2) is 39.0 Å². The fourth-order valence-electron chi connectivity index (χ4n) is 1.91. The Labute approximate surface area is 88.2 Å². The summed E-state index contributed by atoms with van der Waals surface area (Å²) >= 11 is 0. The average molecular weight is 203 g/mol. The van der Waals surface area contributed by atoms with Crippen LogP contribution in [0.2, 0.25) is 0 Å². The standard InChI is InChI=1S/C11H25NO2/c1-6-11(7-2,13-5)10(12-4)9-14-8-3/h10,12H,6-9H2,1-5H3. The summed E-state index contributed by atoms with van der Waals surface area (Å²) in [4.78, 5) is 0. The predicted molar refractivity (Wildman–Crippen MR) is 59.7 cm³/mol. The van der Waals surface area contributed by atoms with E-state index in [4.69, 9.17) is 9.47 Å². The molecule has 0 aliphatic rings. The third-order valence-corrected chi connectivity index (χ3v) is 3.08. The molecule has 86 valence electrons. The van der Waals surface area contributed by atoms with E-state index in [9.17, 15) is 0 Å². The van der Waals surface area contributed by atoms with Gasteiger partial charge in [-0.3, -0.25) is 0 Å². The SMILES string of the molecule is CCOCC(NC)C(CC)(CC)OC. The van der Waals surface area contributed by atoms with Gasteiger partial charge in [0, 0.05) is 13.7 Å². The third-order valence-electron chi connectivity index (χ3n) is 3.08. The molecule has 0 saturated carbocycles. The molecule has 1 unspecified atom stereocenters. The van der Waals surface area contributed by atoms with Gasteiger partial charge in [0.05, 0.1) is 18.2 Å². The van der Waals surface area contributed by atoms with Crippen LogP contribution in [0, 0.1) is 0 Å². The van der Waals surface area contributed by atoms with E-state index in [1.165, 1.54) is 0 Å². The highest BCUT2D eigenvalue weighted by molar-refractivity contribution is 4.90. The number of methoxy groups -OCH3 is 1. The molecular weight excluding hydrogens is 178 g/mol. The maximum Gasteiger partial charge on any atom is 0.0848 e. The maximum atomic E-state index is 5.64. The van der Waals surface area contributed by atoms with Crippen LogP contribution in [0.25, 0.3) is 0 Å². The molecule has 3 heteroatoms. The Morgan fingerprint density at radius 3 is 2.07 bits per heavy atom. The highest BCUT2D eigenvalue weighted by Crippen LogP contribution is 2.24. The van der Waals surface area contributed by atoms with Crippen LogP contribution in [0.3, 0.4) is 0 Å². The molecule has 0 rings (SSSR count). The van der Waals surface area contributed by atoms with Crippen molar-refractivity contribution in [2.24, 2.45) is 0 Å². The van der Waals surface area contributed by atoms with Crippen molar-refractivity contribution in [1.82, 2.24) is 5.32 Å².